The lowest BCUT2D eigenvalue weighted by Crippen LogP contribution is -1.90. The number of hydrogen-bond donors (Lipinski definition) is 1. The van der Waals surface area contributed by atoms with Gasteiger partial charge < -0.3 is 4.57 Å². The van der Waals surface area contributed by atoms with E-state index in [4.69, 9.17) is 0 Å². The number of rotatable bonds is 1. The first-order valence-corrected chi connectivity index (χ1v) is 4.05. The minimum atomic E-state index is 0.803. The SMILES string of the molecule is Cn1ccnc1C#CCCS. The molecular weight excluding hydrogens is 156 g/mol. The molecule has 0 radical (unpaired) electrons. The molecule has 0 aliphatic carbocycles. The van der Waals surface area contributed by atoms with Crippen LogP contribution in [0.15, 0.2) is 12.4 Å². The van der Waals surface area contributed by atoms with E-state index in [-0.39, 0.29) is 0 Å². The molecule has 1 rings (SSSR count). The van der Waals surface area contributed by atoms with Crippen LogP contribution < -0.4 is 0 Å². The summed E-state index contributed by atoms with van der Waals surface area (Å²) in [4.78, 5) is 4.05. The lowest BCUT2D eigenvalue weighted by molar-refractivity contribution is 0.893. The molecule has 0 bridgehead atoms. The van der Waals surface area contributed by atoms with Crippen LogP contribution in [0.25, 0.3) is 0 Å². The van der Waals surface area contributed by atoms with E-state index < -0.39 is 0 Å². The molecule has 0 fully saturated rings. The number of aryl methyl sites for hydroxylation is 1. The Labute approximate surface area is 72.0 Å². The Morgan fingerprint density at radius 1 is 1.73 bits per heavy atom. The zero-order chi connectivity index (χ0) is 8.10. The van der Waals surface area contributed by atoms with Gasteiger partial charge in [-0.05, 0) is 5.92 Å². The maximum atomic E-state index is 4.05. The van der Waals surface area contributed by atoms with E-state index in [0.29, 0.717) is 0 Å². The monoisotopic (exact) mass is 166 g/mol. The molecule has 0 saturated heterocycles. The van der Waals surface area contributed by atoms with E-state index in [2.05, 4.69) is 29.5 Å². The molecule has 0 spiro atoms. The second-order valence-electron chi connectivity index (χ2n) is 2.14. The van der Waals surface area contributed by atoms with Crippen molar-refractivity contribution in [1.82, 2.24) is 9.55 Å². The number of aromatic nitrogens is 2. The first-order valence-electron chi connectivity index (χ1n) is 3.41. The van der Waals surface area contributed by atoms with Gasteiger partial charge in [0.25, 0.3) is 0 Å². The Morgan fingerprint density at radius 3 is 3.09 bits per heavy atom. The Kier molecular flexibility index (Phi) is 3.06. The second-order valence-corrected chi connectivity index (χ2v) is 2.58. The summed E-state index contributed by atoms with van der Waals surface area (Å²) >= 11 is 4.05. The Balaban J connectivity index is 2.65. The van der Waals surface area contributed by atoms with Crippen molar-refractivity contribution in [2.45, 2.75) is 6.42 Å². The van der Waals surface area contributed by atoms with Gasteiger partial charge in [0.05, 0.1) is 0 Å². The largest absolute Gasteiger partial charge is 0.327 e. The summed E-state index contributed by atoms with van der Waals surface area (Å²) < 4.78 is 1.89. The molecule has 1 heterocycles. The van der Waals surface area contributed by atoms with Gasteiger partial charge >= 0.3 is 0 Å². The molecule has 0 saturated carbocycles. The average molecular weight is 166 g/mol. The summed E-state index contributed by atoms with van der Waals surface area (Å²) in [6.07, 6.45) is 4.44. The maximum Gasteiger partial charge on any atom is 0.185 e. The van der Waals surface area contributed by atoms with Gasteiger partial charge in [-0.15, -0.1) is 0 Å². The van der Waals surface area contributed by atoms with Crippen LogP contribution in [0.5, 0.6) is 0 Å². The molecule has 0 aromatic carbocycles. The van der Waals surface area contributed by atoms with Crippen LogP contribution >= 0.6 is 12.6 Å². The van der Waals surface area contributed by atoms with Crippen molar-refractivity contribution in [2.75, 3.05) is 5.75 Å². The van der Waals surface area contributed by atoms with E-state index in [9.17, 15) is 0 Å². The van der Waals surface area contributed by atoms with Crippen LogP contribution in [-0.4, -0.2) is 15.3 Å². The molecule has 1 aromatic heterocycles. The lowest BCUT2D eigenvalue weighted by atomic mass is 10.4. The average Bonchev–Trinajstić information content (AvgIpc) is 2.37. The summed E-state index contributed by atoms with van der Waals surface area (Å²) in [6.45, 7) is 0. The molecular formula is C8H10N2S. The van der Waals surface area contributed by atoms with Crippen molar-refractivity contribution >= 4 is 12.6 Å². The highest BCUT2D eigenvalue weighted by atomic mass is 32.1. The third-order valence-corrected chi connectivity index (χ3v) is 1.48. The fourth-order valence-electron chi connectivity index (χ4n) is 0.684. The zero-order valence-electron chi connectivity index (χ0n) is 6.41. The van der Waals surface area contributed by atoms with Crippen LogP contribution in [0.2, 0.25) is 0 Å². The third-order valence-electron chi connectivity index (χ3n) is 1.26. The predicted octanol–water partition coefficient (Wildman–Crippen LogP) is 1.09. The van der Waals surface area contributed by atoms with Crippen molar-refractivity contribution in [3.05, 3.63) is 18.2 Å². The standard InChI is InChI=1S/C8H10N2S/c1-10-6-5-9-8(10)4-2-3-7-11/h5-6,11H,3,7H2,1H3. The van der Waals surface area contributed by atoms with Gasteiger partial charge in [0.2, 0.25) is 0 Å². The maximum absolute atomic E-state index is 4.05. The molecule has 3 heteroatoms. The van der Waals surface area contributed by atoms with Gasteiger partial charge in [-0.1, -0.05) is 5.92 Å². The number of thiol groups is 1. The van der Waals surface area contributed by atoms with E-state index in [1.165, 1.54) is 0 Å². The molecule has 0 amide bonds. The van der Waals surface area contributed by atoms with Gasteiger partial charge in [-0.3, -0.25) is 0 Å². The summed E-state index contributed by atoms with van der Waals surface area (Å²) in [5.41, 5.74) is 0. The summed E-state index contributed by atoms with van der Waals surface area (Å²) in [5, 5.41) is 0. The van der Waals surface area contributed by atoms with Gasteiger partial charge in [0.1, 0.15) is 0 Å². The second kappa shape index (κ2) is 4.09. The highest BCUT2D eigenvalue weighted by Gasteiger charge is 1.89. The van der Waals surface area contributed by atoms with Crippen LogP contribution in [0, 0.1) is 11.8 Å². The van der Waals surface area contributed by atoms with Gasteiger partial charge in [0.15, 0.2) is 5.82 Å². The van der Waals surface area contributed by atoms with E-state index >= 15 is 0 Å². The van der Waals surface area contributed by atoms with Crippen molar-refractivity contribution in [3.63, 3.8) is 0 Å². The van der Waals surface area contributed by atoms with E-state index in [1.54, 1.807) is 6.20 Å². The molecule has 0 unspecified atom stereocenters. The van der Waals surface area contributed by atoms with Crippen LogP contribution in [0.3, 0.4) is 0 Å². The predicted molar refractivity (Wildman–Crippen MR) is 48.6 cm³/mol. The molecule has 2 nitrogen and oxygen atoms in total. The van der Waals surface area contributed by atoms with Crippen LogP contribution in [0.1, 0.15) is 12.2 Å². The van der Waals surface area contributed by atoms with Crippen molar-refractivity contribution < 1.29 is 0 Å². The highest BCUT2D eigenvalue weighted by Crippen LogP contribution is 1.90. The fraction of sp³-hybridized carbons (Fsp3) is 0.375. The van der Waals surface area contributed by atoms with Crippen molar-refractivity contribution in [3.8, 4) is 11.8 Å². The Hall–Kier alpha value is -0.880. The fourth-order valence-corrected chi connectivity index (χ4v) is 0.795. The summed E-state index contributed by atoms with van der Waals surface area (Å²) in [6, 6.07) is 0. The quantitative estimate of drug-likeness (QED) is 0.488. The summed E-state index contributed by atoms with van der Waals surface area (Å²) in [7, 11) is 1.93. The molecule has 0 aliphatic rings. The number of hydrogen-bond acceptors (Lipinski definition) is 2. The lowest BCUT2D eigenvalue weighted by Gasteiger charge is -1.88. The molecule has 1 aromatic rings. The minimum Gasteiger partial charge on any atom is -0.327 e. The van der Waals surface area contributed by atoms with E-state index in [1.807, 2.05) is 17.8 Å². The Bertz CT molecular complexity index is 280. The van der Waals surface area contributed by atoms with Crippen LogP contribution in [-0.2, 0) is 7.05 Å². The topological polar surface area (TPSA) is 17.8 Å². The first kappa shape index (κ1) is 8.22. The molecule has 58 valence electrons. The molecule has 11 heavy (non-hydrogen) atoms. The number of nitrogens with zero attached hydrogens (tertiary/aromatic N) is 2. The van der Waals surface area contributed by atoms with Gasteiger partial charge in [0, 0.05) is 31.6 Å². The van der Waals surface area contributed by atoms with E-state index in [0.717, 1.165) is 18.0 Å². The molecule has 0 aliphatic heterocycles. The Morgan fingerprint density at radius 2 is 2.55 bits per heavy atom. The third kappa shape index (κ3) is 2.32. The van der Waals surface area contributed by atoms with Gasteiger partial charge in [-0.25, -0.2) is 4.98 Å². The number of imidazole rings is 1. The van der Waals surface area contributed by atoms with Gasteiger partial charge in [-0.2, -0.15) is 12.6 Å². The smallest absolute Gasteiger partial charge is 0.185 e. The van der Waals surface area contributed by atoms with Crippen molar-refractivity contribution in [1.29, 1.82) is 0 Å². The molecule has 0 atom stereocenters. The summed E-state index contributed by atoms with van der Waals surface area (Å²) in [5.74, 6) is 7.53. The van der Waals surface area contributed by atoms with Crippen molar-refractivity contribution in [2.24, 2.45) is 7.05 Å². The normalized spacial score (nSPS) is 8.91. The highest BCUT2D eigenvalue weighted by molar-refractivity contribution is 7.80. The first-order chi connectivity index (χ1) is 5.34. The molecule has 0 N–H and O–H groups in total. The van der Waals surface area contributed by atoms with Crippen LogP contribution in [0.4, 0.5) is 0 Å². The minimum absolute atomic E-state index is 0.803. The zero-order valence-corrected chi connectivity index (χ0v) is 7.30.